The Morgan fingerprint density at radius 3 is 2.35 bits per heavy atom. The number of nitro benzene ring substituents is 1. The lowest BCUT2D eigenvalue weighted by molar-refractivity contribution is -0.907. The first-order valence-corrected chi connectivity index (χ1v) is 10.6. The van der Waals surface area contributed by atoms with Crippen molar-refractivity contribution in [1.82, 2.24) is 4.31 Å². The highest BCUT2D eigenvalue weighted by Gasteiger charge is 2.39. The molecule has 7 nitrogen and oxygen atoms in total. The van der Waals surface area contributed by atoms with Crippen molar-refractivity contribution >= 4 is 15.7 Å². The fourth-order valence-corrected chi connectivity index (χ4v) is 6.08. The lowest BCUT2D eigenvalue weighted by Crippen LogP contribution is -3.15. The minimum Gasteiger partial charge on any atom is -0.332 e. The molecule has 8 heteroatoms. The Kier molecular flexibility index (Phi) is 4.58. The van der Waals surface area contributed by atoms with Crippen molar-refractivity contribution in [3.63, 3.8) is 0 Å². The first-order chi connectivity index (χ1) is 12.4. The number of allylic oxidation sites excluding steroid dienone is 2. The van der Waals surface area contributed by atoms with Crippen molar-refractivity contribution in [2.45, 2.75) is 17.7 Å². The van der Waals surface area contributed by atoms with Crippen molar-refractivity contribution in [1.29, 1.82) is 0 Å². The maximum absolute atomic E-state index is 12.8. The topological polar surface area (TPSA) is 85.0 Å². The zero-order valence-corrected chi connectivity index (χ0v) is 15.4. The largest absolute Gasteiger partial charge is 0.332 e. The minimum absolute atomic E-state index is 0.0990. The molecule has 26 heavy (non-hydrogen) atoms. The minimum atomic E-state index is -3.58. The third kappa shape index (κ3) is 3.28. The summed E-state index contributed by atoms with van der Waals surface area (Å²) in [5.41, 5.74) is -0.0990. The van der Waals surface area contributed by atoms with E-state index in [1.54, 1.807) is 0 Å². The summed E-state index contributed by atoms with van der Waals surface area (Å²) in [5, 5.41) is 10.7. The van der Waals surface area contributed by atoms with Crippen LogP contribution >= 0.6 is 0 Å². The molecular formula is C18H24N3O4S+. The molecule has 2 fully saturated rings. The molecule has 4 rings (SSSR count). The summed E-state index contributed by atoms with van der Waals surface area (Å²) in [4.78, 5) is 11.8. The van der Waals surface area contributed by atoms with Crippen molar-refractivity contribution in [3.05, 3.63) is 46.5 Å². The molecule has 1 N–H and O–H groups in total. The maximum atomic E-state index is 12.8. The number of quaternary nitrogens is 1. The Balaban J connectivity index is 1.36. The number of rotatable bonds is 5. The van der Waals surface area contributed by atoms with Gasteiger partial charge in [0.1, 0.15) is 0 Å². The van der Waals surface area contributed by atoms with Crippen LogP contribution in [0, 0.1) is 27.9 Å². The number of piperazine rings is 1. The first-order valence-electron chi connectivity index (χ1n) is 9.20. The van der Waals surface area contributed by atoms with Gasteiger partial charge in [0.05, 0.1) is 42.5 Å². The van der Waals surface area contributed by atoms with E-state index in [2.05, 4.69) is 12.2 Å². The highest BCUT2D eigenvalue weighted by atomic mass is 32.2. The number of non-ortho nitro benzene ring substituents is 1. The van der Waals surface area contributed by atoms with Gasteiger partial charge in [0.2, 0.25) is 10.0 Å². The monoisotopic (exact) mass is 378 g/mol. The van der Waals surface area contributed by atoms with Gasteiger partial charge < -0.3 is 4.90 Å². The molecule has 1 aliphatic heterocycles. The van der Waals surface area contributed by atoms with E-state index in [0.29, 0.717) is 13.1 Å². The normalized spacial score (nSPS) is 29.3. The fourth-order valence-electron chi connectivity index (χ4n) is 4.64. The number of sulfonamides is 1. The third-order valence-electron chi connectivity index (χ3n) is 6.08. The van der Waals surface area contributed by atoms with Crippen LogP contribution in [-0.4, -0.2) is 50.4 Å². The van der Waals surface area contributed by atoms with E-state index in [-0.39, 0.29) is 10.6 Å². The van der Waals surface area contributed by atoms with Gasteiger partial charge in [-0.1, -0.05) is 12.2 Å². The zero-order chi connectivity index (χ0) is 18.3. The summed E-state index contributed by atoms with van der Waals surface area (Å²) in [7, 11) is -3.58. The van der Waals surface area contributed by atoms with Gasteiger partial charge in [0, 0.05) is 18.1 Å². The highest BCUT2D eigenvalue weighted by Crippen LogP contribution is 2.42. The summed E-state index contributed by atoms with van der Waals surface area (Å²) in [6.45, 7) is 3.79. The van der Waals surface area contributed by atoms with E-state index in [1.165, 1.54) is 46.3 Å². The lowest BCUT2D eigenvalue weighted by Gasteiger charge is -2.33. The Hall–Kier alpha value is -1.77. The van der Waals surface area contributed by atoms with Gasteiger partial charge in [-0.2, -0.15) is 4.31 Å². The summed E-state index contributed by atoms with van der Waals surface area (Å²) in [5.74, 6) is 2.25. The van der Waals surface area contributed by atoms with Gasteiger partial charge in [-0.05, 0) is 36.8 Å². The number of hydrogen-bond donors (Lipinski definition) is 1. The number of nitrogens with one attached hydrogen (secondary N) is 1. The molecule has 1 aromatic carbocycles. The van der Waals surface area contributed by atoms with E-state index >= 15 is 0 Å². The molecule has 0 radical (unpaired) electrons. The second-order valence-electron chi connectivity index (χ2n) is 7.65. The molecule has 2 bridgehead atoms. The summed E-state index contributed by atoms with van der Waals surface area (Å²) in [6, 6.07) is 5.15. The Labute approximate surface area is 153 Å². The maximum Gasteiger partial charge on any atom is 0.269 e. The predicted octanol–water partition coefficient (Wildman–Crippen LogP) is 0.696. The summed E-state index contributed by atoms with van der Waals surface area (Å²) in [6.07, 6.45) is 7.31. The van der Waals surface area contributed by atoms with Crippen LogP contribution in [0.2, 0.25) is 0 Å². The molecule has 1 saturated carbocycles. The van der Waals surface area contributed by atoms with Crippen LogP contribution in [0.5, 0.6) is 0 Å². The molecule has 0 amide bonds. The Morgan fingerprint density at radius 1 is 1.12 bits per heavy atom. The number of hydrogen-bond acceptors (Lipinski definition) is 4. The van der Waals surface area contributed by atoms with Crippen LogP contribution in [0.1, 0.15) is 12.8 Å². The van der Waals surface area contributed by atoms with E-state index < -0.39 is 14.9 Å². The number of fused-ring (bicyclic) bond motifs is 2. The van der Waals surface area contributed by atoms with E-state index in [4.69, 9.17) is 0 Å². The van der Waals surface area contributed by atoms with Gasteiger partial charge in [-0.3, -0.25) is 10.1 Å². The van der Waals surface area contributed by atoms with Crippen LogP contribution in [0.15, 0.2) is 41.3 Å². The molecule has 3 atom stereocenters. The van der Waals surface area contributed by atoms with Gasteiger partial charge in [-0.15, -0.1) is 0 Å². The van der Waals surface area contributed by atoms with Crippen LogP contribution in [0.25, 0.3) is 0 Å². The second-order valence-corrected chi connectivity index (χ2v) is 9.59. The van der Waals surface area contributed by atoms with Gasteiger partial charge in [0.25, 0.3) is 5.69 Å². The van der Waals surface area contributed by atoms with Crippen LogP contribution in [0.4, 0.5) is 5.69 Å². The van der Waals surface area contributed by atoms with Crippen molar-refractivity contribution < 1.29 is 18.2 Å². The number of benzene rings is 1. The summed E-state index contributed by atoms with van der Waals surface area (Å²) < 4.78 is 27.0. The molecule has 0 unspecified atom stereocenters. The van der Waals surface area contributed by atoms with Crippen molar-refractivity contribution in [2.75, 3.05) is 32.7 Å². The van der Waals surface area contributed by atoms with E-state index in [9.17, 15) is 18.5 Å². The van der Waals surface area contributed by atoms with E-state index in [1.807, 2.05) is 0 Å². The fraction of sp³-hybridized carbons (Fsp3) is 0.556. The average molecular weight is 378 g/mol. The SMILES string of the molecule is O=[N+]([O-])c1ccc(S(=O)(=O)N2CC[NH+](C[C@H]3C[C@H]4C=C[C@H]3C4)CC2)cc1. The number of nitrogens with zero attached hydrogens (tertiary/aromatic N) is 2. The highest BCUT2D eigenvalue weighted by molar-refractivity contribution is 7.89. The molecule has 1 heterocycles. The third-order valence-corrected chi connectivity index (χ3v) is 7.99. The zero-order valence-electron chi connectivity index (χ0n) is 14.6. The lowest BCUT2D eigenvalue weighted by atomic mass is 9.93. The Bertz CT molecular complexity index is 813. The van der Waals surface area contributed by atoms with Crippen molar-refractivity contribution in [2.24, 2.45) is 17.8 Å². The molecule has 3 aliphatic rings. The van der Waals surface area contributed by atoms with Crippen LogP contribution < -0.4 is 4.90 Å². The summed E-state index contributed by atoms with van der Waals surface area (Å²) >= 11 is 0. The standard InChI is InChI=1S/C18H23N3O4S/c22-21(23)17-3-5-18(6-4-17)26(24,25)20-9-7-19(8-10-20)13-16-12-14-1-2-15(16)11-14/h1-6,14-16H,7-13H2/p+1/t14-,15-,16+/m0/s1. The number of nitro groups is 1. The molecule has 140 valence electrons. The van der Waals surface area contributed by atoms with Gasteiger partial charge >= 0.3 is 0 Å². The molecule has 1 aromatic rings. The quantitative estimate of drug-likeness (QED) is 0.464. The molecular weight excluding hydrogens is 354 g/mol. The molecule has 0 spiro atoms. The Morgan fingerprint density at radius 2 is 1.81 bits per heavy atom. The van der Waals surface area contributed by atoms with Gasteiger partial charge in [-0.25, -0.2) is 8.42 Å². The van der Waals surface area contributed by atoms with Gasteiger partial charge in [0.15, 0.2) is 0 Å². The molecule has 1 saturated heterocycles. The average Bonchev–Trinajstić information content (AvgIpc) is 3.25. The predicted molar refractivity (Wildman–Crippen MR) is 96.3 cm³/mol. The van der Waals surface area contributed by atoms with Crippen LogP contribution in [0.3, 0.4) is 0 Å². The van der Waals surface area contributed by atoms with Crippen molar-refractivity contribution in [3.8, 4) is 0 Å². The second kappa shape index (κ2) is 6.75. The molecule has 2 aliphatic carbocycles. The smallest absolute Gasteiger partial charge is 0.269 e. The molecule has 0 aromatic heterocycles. The van der Waals surface area contributed by atoms with Crippen LogP contribution in [-0.2, 0) is 10.0 Å². The first kappa shape index (κ1) is 17.6. The van der Waals surface area contributed by atoms with E-state index in [0.717, 1.165) is 37.4 Å².